The number of aliphatic hydroxyl groups is 2. The first kappa shape index (κ1) is 21.2. The van der Waals surface area contributed by atoms with Crippen LogP contribution >= 0.6 is 0 Å². The summed E-state index contributed by atoms with van der Waals surface area (Å²) in [7, 11) is 0. The van der Waals surface area contributed by atoms with Crippen LogP contribution in [0, 0.1) is 5.82 Å². The lowest BCUT2D eigenvalue weighted by Crippen LogP contribution is -2.19. The Bertz CT molecular complexity index is 1120. The molecule has 1 aliphatic rings. The van der Waals surface area contributed by atoms with Crippen molar-refractivity contribution in [2.75, 3.05) is 0 Å². The zero-order chi connectivity index (χ0) is 22.0. The Labute approximate surface area is 179 Å². The van der Waals surface area contributed by atoms with Gasteiger partial charge in [-0.15, -0.1) is 0 Å². The third-order valence-electron chi connectivity index (χ3n) is 5.47. The van der Waals surface area contributed by atoms with Crippen LogP contribution in [0.15, 0.2) is 54.6 Å². The monoisotopic (exact) mass is 421 g/mol. The van der Waals surface area contributed by atoms with Gasteiger partial charge in [0.2, 0.25) is 0 Å². The van der Waals surface area contributed by atoms with Gasteiger partial charge in [0.15, 0.2) is 0 Å². The molecule has 0 saturated heterocycles. The number of aromatic nitrogens is 1. The molecule has 1 aliphatic carbocycles. The van der Waals surface area contributed by atoms with Crippen molar-refractivity contribution in [3.05, 3.63) is 71.7 Å². The molecule has 160 valence electrons. The molecule has 2 atom stereocenters. The maximum absolute atomic E-state index is 13.6. The first-order chi connectivity index (χ1) is 14.9. The normalized spacial score (nSPS) is 16.0. The Morgan fingerprint density at radius 1 is 1.13 bits per heavy atom. The van der Waals surface area contributed by atoms with Crippen LogP contribution < -0.4 is 0 Å². The van der Waals surface area contributed by atoms with Crippen LogP contribution in [0.3, 0.4) is 0 Å². The summed E-state index contributed by atoms with van der Waals surface area (Å²) < 4.78 is 13.6. The van der Waals surface area contributed by atoms with Crippen LogP contribution in [-0.4, -0.2) is 38.5 Å². The molecule has 1 aromatic heterocycles. The second-order valence-corrected chi connectivity index (χ2v) is 8.00. The van der Waals surface area contributed by atoms with E-state index in [1.54, 1.807) is 24.3 Å². The molecule has 0 spiro atoms. The van der Waals surface area contributed by atoms with Crippen molar-refractivity contribution in [1.82, 2.24) is 4.98 Å². The van der Waals surface area contributed by atoms with Gasteiger partial charge in [-0.2, -0.15) is 0 Å². The molecule has 0 radical (unpaired) electrons. The highest BCUT2D eigenvalue weighted by molar-refractivity contribution is 5.99. The third kappa shape index (κ3) is 4.98. The summed E-state index contributed by atoms with van der Waals surface area (Å²) in [6.07, 6.45) is 2.80. The van der Waals surface area contributed by atoms with Gasteiger partial charge >= 0.3 is 5.97 Å². The second-order valence-electron chi connectivity index (χ2n) is 8.00. The smallest absolute Gasteiger partial charge is 0.305 e. The summed E-state index contributed by atoms with van der Waals surface area (Å²) in [6, 6.07) is 14.1. The molecule has 5 nitrogen and oxygen atoms in total. The molecule has 0 aliphatic heterocycles. The van der Waals surface area contributed by atoms with Crippen LogP contribution in [0.4, 0.5) is 4.39 Å². The highest BCUT2D eigenvalue weighted by atomic mass is 19.1. The number of carboxylic acids is 1. The van der Waals surface area contributed by atoms with E-state index in [1.165, 1.54) is 12.1 Å². The summed E-state index contributed by atoms with van der Waals surface area (Å²) in [6.45, 7) is 0. The second kappa shape index (κ2) is 8.96. The number of hydrogen-bond donors (Lipinski definition) is 3. The fourth-order valence-corrected chi connectivity index (χ4v) is 3.86. The number of fused-ring (bicyclic) bond motifs is 1. The van der Waals surface area contributed by atoms with Crippen LogP contribution in [-0.2, 0) is 4.79 Å². The molecule has 4 rings (SSSR count). The largest absolute Gasteiger partial charge is 0.481 e. The average molecular weight is 421 g/mol. The Balaban J connectivity index is 1.79. The van der Waals surface area contributed by atoms with Gasteiger partial charge in [0.05, 0.1) is 29.8 Å². The molecular formula is C25H24FNO4. The van der Waals surface area contributed by atoms with Gasteiger partial charge < -0.3 is 15.3 Å². The minimum atomic E-state index is -1.13. The van der Waals surface area contributed by atoms with E-state index >= 15 is 0 Å². The summed E-state index contributed by atoms with van der Waals surface area (Å²) in [5, 5.41) is 29.9. The minimum Gasteiger partial charge on any atom is -0.481 e. The van der Waals surface area contributed by atoms with E-state index in [-0.39, 0.29) is 12.2 Å². The zero-order valence-corrected chi connectivity index (χ0v) is 16.9. The summed E-state index contributed by atoms with van der Waals surface area (Å²) in [5.41, 5.74) is 4.43. The number of aliphatic carboxylic acids is 1. The predicted molar refractivity (Wildman–Crippen MR) is 117 cm³/mol. The first-order valence-corrected chi connectivity index (χ1v) is 10.4. The lowest BCUT2D eigenvalue weighted by atomic mass is 9.92. The van der Waals surface area contributed by atoms with Crippen LogP contribution in [0.5, 0.6) is 0 Å². The molecule has 1 heterocycles. The minimum absolute atomic E-state index is 0.0749. The quantitative estimate of drug-likeness (QED) is 0.498. The van der Waals surface area contributed by atoms with Gasteiger partial charge in [-0.3, -0.25) is 9.78 Å². The Kier molecular flexibility index (Phi) is 6.11. The Morgan fingerprint density at radius 2 is 1.84 bits per heavy atom. The number of benzene rings is 2. The van der Waals surface area contributed by atoms with E-state index < -0.39 is 24.6 Å². The molecule has 0 amide bonds. The lowest BCUT2D eigenvalue weighted by molar-refractivity contribution is -0.139. The van der Waals surface area contributed by atoms with Gasteiger partial charge in [-0.25, -0.2) is 4.39 Å². The third-order valence-corrected chi connectivity index (χ3v) is 5.47. The number of carbonyl (C=O) groups is 1. The Hall–Kier alpha value is -3.09. The van der Waals surface area contributed by atoms with Crippen LogP contribution in [0.2, 0.25) is 0 Å². The van der Waals surface area contributed by atoms with Crippen molar-refractivity contribution in [3.8, 4) is 11.1 Å². The number of pyridine rings is 1. The van der Waals surface area contributed by atoms with Gasteiger partial charge in [-0.05, 0) is 36.6 Å². The molecule has 1 unspecified atom stereocenters. The fraction of sp³-hybridized carbons (Fsp3) is 0.280. The molecule has 3 N–H and O–H groups in total. The molecule has 0 bridgehead atoms. The SMILES string of the molecule is O=C(O)CC(O)C[C@H](O)/C=C/c1c(C2CC2)nc2ccccc2c1-c1ccc(F)cc1. The van der Waals surface area contributed by atoms with E-state index in [2.05, 4.69) is 0 Å². The first-order valence-electron chi connectivity index (χ1n) is 10.4. The molecule has 6 heteroatoms. The van der Waals surface area contributed by atoms with Crippen molar-refractivity contribution in [3.63, 3.8) is 0 Å². The molecule has 2 aromatic carbocycles. The van der Waals surface area contributed by atoms with Crippen LogP contribution in [0.25, 0.3) is 28.1 Å². The molecule has 31 heavy (non-hydrogen) atoms. The molecule has 1 fully saturated rings. The number of para-hydroxylation sites is 1. The molecular weight excluding hydrogens is 397 g/mol. The number of nitrogens with zero attached hydrogens (tertiary/aromatic N) is 1. The van der Waals surface area contributed by atoms with E-state index in [0.717, 1.165) is 46.1 Å². The van der Waals surface area contributed by atoms with E-state index in [9.17, 15) is 19.4 Å². The van der Waals surface area contributed by atoms with Gasteiger partial charge in [0.1, 0.15) is 5.82 Å². The van der Waals surface area contributed by atoms with Crippen molar-refractivity contribution in [2.24, 2.45) is 0 Å². The van der Waals surface area contributed by atoms with Crippen molar-refractivity contribution >= 4 is 22.9 Å². The predicted octanol–water partition coefficient (Wildman–Crippen LogP) is 4.52. The number of halogens is 1. The maximum Gasteiger partial charge on any atom is 0.305 e. The molecule has 1 saturated carbocycles. The number of hydrogen-bond acceptors (Lipinski definition) is 4. The topological polar surface area (TPSA) is 90.7 Å². The summed E-state index contributed by atoms with van der Waals surface area (Å²) in [5.74, 6) is -1.10. The van der Waals surface area contributed by atoms with Gasteiger partial charge in [-0.1, -0.05) is 42.5 Å². The highest BCUT2D eigenvalue weighted by Crippen LogP contribution is 2.45. The maximum atomic E-state index is 13.6. The van der Waals surface area contributed by atoms with E-state index in [1.807, 2.05) is 24.3 Å². The van der Waals surface area contributed by atoms with Gasteiger partial charge in [0, 0.05) is 28.9 Å². The fourth-order valence-electron chi connectivity index (χ4n) is 3.86. The summed E-state index contributed by atoms with van der Waals surface area (Å²) >= 11 is 0. The highest BCUT2D eigenvalue weighted by Gasteiger charge is 2.29. The standard InChI is InChI=1S/C25H24FNO4/c26-17-9-7-15(8-10-17)24-20-3-1-2-4-22(20)27-25(16-5-6-16)21(24)12-11-18(28)13-19(29)14-23(30)31/h1-4,7-12,16,18-19,28-29H,5-6,13-14H2,(H,30,31)/b12-11+/t18-,19?/m1/s1. The Morgan fingerprint density at radius 3 is 2.52 bits per heavy atom. The lowest BCUT2D eigenvalue weighted by Gasteiger charge is -2.16. The van der Waals surface area contributed by atoms with Crippen LogP contribution in [0.1, 0.15) is 42.9 Å². The van der Waals surface area contributed by atoms with Crippen molar-refractivity contribution in [1.29, 1.82) is 0 Å². The summed E-state index contributed by atoms with van der Waals surface area (Å²) in [4.78, 5) is 15.6. The van der Waals surface area contributed by atoms with E-state index in [0.29, 0.717) is 5.92 Å². The average Bonchev–Trinajstić information content (AvgIpc) is 3.56. The number of carboxylic acid groups (broad SMARTS) is 1. The van der Waals surface area contributed by atoms with E-state index in [4.69, 9.17) is 10.1 Å². The van der Waals surface area contributed by atoms with Crippen molar-refractivity contribution < 1.29 is 24.5 Å². The number of rotatable bonds is 8. The van der Waals surface area contributed by atoms with Gasteiger partial charge in [0.25, 0.3) is 0 Å². The molecule has 3 aromatic rings. The van der Waals surface area contributed by atoms with Crippen molar-refractivity contribution in [2.45, 2.75) is 43.8 Å². The number of aliphatic hydroxyl groups excluding tert-OH is 2. The zero-order valence-electron chi connectivity index (χ0n) is 16.9.